The fourth-order valence-electron chi connectivity index (χ4n) is 1.77. The number of aliphatic carboxylic acids is 1. The average molecular weight is 228 g/mol. The first kappa shape index (κ1) is 13.5. The predicted octanol–water partition coefficient (Wildman–Crippen LogP) is 1.30. The maximum absolute atomic E-state index is 10.9. The Morgan fingerprint density at radius 2 is 2.12 bits per heavy atom. The van der Waals surface area contributed by atoms with Crippen molar-refractivity contribution in [2.75, 3.05) is 19.6 Å². The van der Waals surface area contributed by atoms with E-state index in [-0.39, 0.29) is 0 Å². The van der Waals surface area contributed by atoms with E-state index in [9.17, 15) is 4.79 Å². The molecule has 1 aliphatic carbocycles. The minimum absolute atomic E-state index is 0.523. The molecule has 0 saturated heterocycles. The van der Waals surface area contributed by atoms with Crippen LogP contribution in [0.3, 0.4) is 0 Å². The van der Waals surface area contributed by atoms with Gasteiger partial charge < -0.3 is 15.7 Å². The molecule has 1 aliphatic rings. The number of rotatable bonds is 8. The van der Waals surface area contributed by atoms with Crippen molar-refractivity contribution in [2.24, 2.45) is 11.7 Å². The lowest BCUT2D eigenvalue weighted by atomic mass is 9.99. The SMILES string of the molecule is CCCN(CCC(C)(N)C(=O)O)CC1CC1. The predicted molar refractivity (Wildman–Crippen MR) is 64.3 cm³/mol. The van der Waals surface area contributed by atoms with Crippen molar-refractivity contribution in [1.82, 2.24) is 4.90 Å². The van der Waals surface area contributed by atoms with Crippen LogP contribution in [0.2, 0.25) is 0 Å². The maximum atomic E-state index is 10.9. The van der Waals surface area contributed by atoms with Crippen LogP contribution in [0.1, 0.15) is 39.5 Å². The largest absolute Gasteiger partial charge is 0.480 e. The van der Waals surface area contributed by atoms with E-state index in [1.807, 2.05) is 0 Å². The molecule has 1 atom stereocenters. The van der Waals surface area contributed by atoms with Gasteiger partial charge in [0.25, 0.3) is 0 Å². The summed E-state index contributed by atoms with van der Waals surface area (Å²) in [6, 6.07) is 0. The van der Waals surface area contributed by atoms with Crippen molar-refractivity contribution in [3.05, 3.63) is 0 Å². The number of hydrogen-bond acceptors (Lipinski definition) is 3. The summed E-state index contributed by atoms with van der Waals surface area (Å²) in [5.74, 6) is -0.0595. The van der Waals surface area contributed by atoms with Gasteiger partial charge in [-0.05, 0) is 45.1 Å². The van der Waals surface area contributed by atoms with E-state index < -0.39 is 11.5 Å². The van der Waals surface area contributed by atoms with E-state index in [1.165, 1.54) is 12.8 Å². The Labute approximate surface area is 97.8 Å². The molecular formula is C12H24N2O2. The second kappa shape index (κ2) is 5.64. The lowest BCUT2D eigenvalue weighted by Gasteiger charge is -2.26. The Morgan fingerprint density at radius 1 is 1.50 bits per heavy atom. The minimum atomic E-state index is -1.09. The van der Waals surface area contributed by atoms with Crippen LogP contribution in [-0.4, -0.2) is 41.1 Å². The second-order valence-electron chi connectivity index (χ2n) is 5.22. The molecule has 0 aliphatic heterocycles. The van der Waals surface area contributed by atoms with Crippen LogP contribution in [0, 0.1) is 5.92 Å². The Balaban J connectivity index is 2.32. The fraction of sp³-hybridized carbons (Fsp3) is 0.917. The van der Waals surface area contributed by atoms with Crippen LogP contribution in [0.5, 0.6) is 0 Å². The van der Waals surface area contributed by atoms with Gasteiger partial charge in [-0.1, -0.05) is 6.92 Å². The normalized spacial score (nSPS) is 19.8. The van der Waals surface area contributed by atoms with Crippen LogP contribution < -0.4 is 5.73 Å². The topological polar surface area (TPSA) is 66.6 Å². The van der Waals surface area contributed by atoms with E-state index in [4.69, 9.17) is 10.8 Å². The highest BCUT2D eigenvalue weighted by Gasteiger charge is 2.29. The van der Waals surface area contributed by atoms with Crippen molar-refractivity contribution in [3.8, 4) is 0 Å². The summed E-state index contributed by atoms with van der Waals surface area (Å²) < 4.78 is 0. The molecule has 4 nitrogen and oxygen atoms in total. The molecule has 1 fully saturated rings. The fourth-order valence-corrected chi connectivity index (χ4v) is 1.77. The van der Waals surface area contributed by atoms with Gasteiger partial charge in [0.2, 0.25) is 0 Å². The Kier molecular flexibility index (Phi) is 4.74. The van der Waals surface area contributed by atoms with Crippen molar-refractivity contribution in [2.45, 2.75) is 45.1 Å². The first-order valence-electron chi connectivity index (χ1n) is 6.20. The second-order valence-corrected chi connectivity index (χ2v) is 5.22. The molecule has 94 valence electrons. The van der Waals surface area contributed by atoms with E-state index >= 15 is 0 Å². The number of nitrogens with two attached hydrogens (primary N) is 1. The third kappa shape index (κ3) is 4.49. The van der Waals surface area contributed by atoms with E-state index in [2.05, 4.69) is 11.8 Å². The standard InChI is InChI=1S/C12H24N2O2/c1-3-7-14(9-10-4-5-10)8-6-12(2,13)11(15)16/h10H,3-9,13H2,1-2H3,(H,15,16). The smallest absolute Gasteiger partial charge is 0.323 e. The van der Waals surface area contributed by atoms with Crippen LogP contribution >= 0.6 is 0 Å². The van der Waals surface area contributed by atoms with Crippen molar-refractivity contribution in [1.29, 1.82) is 0 Å². The number of nitrogens with zero attached hydrogens (tertiary/aromatic N) is 1. The third-order valence-electron chi connectivity index (χ3n) is 3.19. The number of hydrogen-bond donors (Lipinski definition) is 2. The van der Waals surface area contributed by atoms with Gasteiger partial charge in [-0.2, -0.15) is 0 Å². The van der Waals surface area contributed by atoms with Gasteiger partial charge in [-0.25, -0.2) is 0 Å². The molecule has 0 aromatic rings. The first-order valence-corrected chi connectivity index (χ1v) is 6.20. The zero-order valence-corrected chi connectivity index (χ0v) is 10.4. The minimum Gasteiger partial charge on any atom is -0.480 e. The summed E-state index contributed by atoms with van der Waals surface area (Å²) in [5, 5.41) is 8.93. The lowest BCUT2D eigenvalue weighted by Crippen LogP contribution is -2.47. The van der Waals surface area contributed by atoms with Crippen LogP contribution in [-0.2, 0) is 4.79 Å². The Bertz CT molecular complexity index is 237. The molecule has 1 rings (SSSR count). The van der Waals surface area contributed by atoms with Gasteiger partial charge in [-0.15, -0.1) is 0 Å². The zero-order chi connectivity index (χ0) is 12.2. The number of carboxylic acids is 1. The van der Waals surface area contributed by atoms with Gasteiger partial charge in [0.15, 0.2) is 0 Å². The molecule has 0 aromatic carbocycles. The summed E-state index contributed by atoms with van der Waals surface area (Å²) in [7, 11) is 0. The molecule has 0 radical (unpaired) electrons. The highest BCUT2D eigenvalue weighted by molar-refractivity contribution is 5.77. The van der Waals surface area contributed by atoms with Gasteiger partial charge in [0.1, 0.15) is 5.54 Å². The molecule has 0 heterocycles. The average Bonchev–Trinajstić information content (AvgIpc) is 2.98. The molecule has 4 heteroatoms. The molecule has 1 unspecified atom stereocenters. The summed E-state index contributed by atoms with van der Waals surface area (Å²) in [6.07, 6.45) is 4.30. The maximum Gasteiger partial charge on any atom is 0.323 e. The summed E-state index contributed by atoms with van der Waals surface area (Å²) in [6.45, 7) is 6.70. The molecule has 1 saturated carbocycles. The Morgan fingerprint density at radius 3 is 2.56 bits per heavy atom. The summed E-state index contributed by atoms with van der Waals surface area (Å²) in [5.41, 5.74) is 4.64. The van der Waals surface area contributed by atoms with Crippen LogP contribution in [0.15, 0.2) is 0 Å². The van der Waals surface area contributed by atoms with E-state index in [0.717, 1.165) is 32.0 Å². The number of carboxylic acid groups (broad SMARTS) is 1. The van der Waals surface area contributed by atoms with E-state index in [0.29, 0.717) is 6.42 Å². The third-order valence-corrected chi connectivity index (χ3v) is 3.19. The molecule has 0 bridgehead atoms. The van der Waals surface area contributed by atoms with Gasteiger partial charge >= 0.3 is 5.97 Å². The monoisotopic (exact) mass is 228 g/mol. The molecule has 16 heavy (non-hydrogen) atoms. The van der Waals surface area contributed by atoms with Gasteiger partial charge in [0, 0.05) is 13.1 Å². The van der Waals surface area contributed by atoms with Crippen LogP contribution in [0.4, 0.5) is 0 Å². The number of carbonyl (C=O) groups is 1. The molecule has 0 amide bonds. The lowest BCUT2D eigenvalue weighted by molar-refractivity contribution is -0.143. The van der Waals surface area contributed by atoms with Gasteiger partial charge in [0.05, 0.1) is 0 Å². The highest BCUT2D eigenvalue weighted by Crippen LogP contribution is 2.29. The molecule has 0 aromatic heterocycles. The summed E-state index contributed by atoms with van der Waals surface area (Å²) in [4.78, 5) is 13.2. The van der Waals surface area contributed by atoms with E-state index in [1.54, 1.807) is 6.92 Å². The summed E-state index contributed by atoms with van der Waals surface area (Å²) >= 11 is 0. The van der Waals surface area contributed by atoms with Crippen molar-refractivity contribution in [3.63, 3.8) is 0 Å². The quantitative estimate of drug-likeness (QED) is 0.657. The van der Waals surface area contributed by atoms with Crippen LogP contribution in [0.25, 0.3) is 0 Å². The first-order chi connectivity index (χ1) is 7.45. The van der Waals surface area contributed by atoms with Crippen molar-refractivity contribution < 1.29 is 9.90 Å². The van der Waals surface area contributed by atoms with Crippen molar-refractivity contribution >= 4 is 5.97 Å². The Hall–Kier alpha value is -0.610. The molecular weight excluding hydrogens is 204 g/mol. The highest BCUT2D eigenvalue weighted by atomic mass is 16.4. The van der Waals surface area contributed by atoms with Gasteiger partial charge in [-0.3, -0.25) is 4.79 Å². The molecule has 3 N–H and O–H groups in total. The molecule has 0 spiro atoms. The zero-order valence-electron chi connectivity index (χ0n) is 10.4.